The summed E-state index contributed by atoms with van der Waals surface area (Å²) in [6.45, 7) is 5.67. The van der Waals surface area contributed by atoms with E-state index in [9.17, 15) is 9.59 Å². The normalized spacial score (nSPS) is 35.2. The molecule has 1 saturated heterocycles. The van der Waals surface area contributed by atoms with Crippen LogP contribution >= 0.6 is 0 Å². The van der Waals surface area contributed by atoms with Gasteiger partial charge in [0.15, 0.2) is 0 Å². The van der Waals surface area contributed by atoms with Crippen molar-refractivity contribution in [3.05, 3.63) is 0 Å². The molecule has 0 aliphatic carbocycles. The molecule has 72 valence electrons. The highest BCUT2D eigenvalue weighted by atomic mass is 28.4. The van der Waals surface area contributed by atoms with Gasteiger partial charge >= 0.3 is 8.56 Å². The molecule has 0 radical (unpaired) electrons. The number of ether oxygens (including phenoxy) is 2. The van der Waals surface area contributed by atoms with Crippen LogP contribution in [0.1, 0.15) is 20.3 Å². The fourth-order valence-electron chi connectivity index (χ4n) is 1.27. The fourth-order valence-corrected chi connectivity index (χ4v) is 2.81. The number of epoxide rings is 1. The van der Waals surface area contributed by atoms with Gasteiger partial charge in [0.1, 0.15) is 6.10 Å². The molecule has 0 amide bonds. The lowest BCUT2D eigenvalue weighted by molar-refractivity contribution is -0.0153. The first-order valence-electron chi connectivity index (χ1n) is 4.20. The maximum atomic E-state index is 9.45. The van der Waals surface area contributed by atoms with E-state index < -0.39 is 14.0 Å². The molecule has 12 heavy (non-hydrogen) atoms. The number of hydrogen-bond donors (Lipinski definition) is 2. The van der Waals surface area contributed by atoms with Gasteiger partial charge in [-0.3, -0.25) is 0 Å². The zero-order valence-corrected chi connectivity index (χ0v) is 8.70. The maximum Gasteiger partial charge on any atom is 0.394 e. The van der Waals surface area contributed by atoms with Crippen molar-refractivity contribution in [2.45, 2.75) is 38.3 Å². The largest absolute Gasteiger partial charge is 0.408 e. The van der Waals surface area contributed by atoms with Crippen molar-refractivity contribution in [2.75, 3.05) is 6.61 Å². The lowest BCUT2D eigenvalue weighted by Crippen LogP contribution is -2.51. The molecule has 0 aromatic rings. The first-order chi connectivity index (χ1) is 5.44. The maximum absolute atomic E-state index is 9.45. The third kappa shape index (κ3) is 1.55. The van der Waals surface area contributed by atoms with Crippen LogP contribution in [0.5, 0.6) is 0 Å². The van der Waals surface area contributed by atoms with E-state index >= 15 is 0 Å². The molecule has 0 saturated carbocycles. The van der Waals surface area contributed by atoms with E-state index in [2.05, 4.69) is 0 Å². The number of rotatable bonds is 4. The molecular formula is C7H16O4Si. The van der Waals surface area contributed by atoms with Gasteiger partial charge in [0.2, 0.25) is 5.41 Å². The average molecular weight is 192 g/mol. The van der Waals surface area contributed by atoms with E-state index in [0.717, 1.165) is 6.42 Å². The molecule has 4 nitrogen and oxygen atoms in total. The monoisotopic (exact) mass is 192 g/mol. The van der Waals surface area contributed by atoms with Crippen LogP contribution in [-0.4, -0.2) is 36.3 Å². The predicted octanol–water partition coefficient (Wildman–Crippen LogP) is 0.124. The Bertz CT molecular complexity index is 167. The SMILES string of the molecule is CCCOC1([Si](C)(O)O)OC1C. The number of hydrogen-bond acceptors (Lipinski definition) is 4. The van der Waals surface area contributed by atoms with Gasteiger partial charge in [-0.1, -0.05) is 6.92 Å². The summed E-state index contributed by atoms with van der Waals surface area (Å²) >= 11 is 0. The standard InChI is InChI=1S/C7H16O4Si/c1-4-5-10-7(6(2)11-7)12(3,8)9/h6,8-9H,4-5H2,1-3H3. The van der Waals surface area contributed by atoms with Crippen LogP contribution in [-0.2, 0) is 9.47 Å². The second-order valence-electron chi connectivity index (χ2n) is 3.30. The zero-order valence-electron chi connectivity index (χ0n) is 7.70. The molecular weight excluding hydrogens is 176 g/mol. The van der Waals surface area contributed by atoms with E-state index in [1.807, 2.05) is 6.92 Å². The molecule has 5 heteroatoms. The summed E-state index contributed by atoms with van der Waals surface area (Å²) in [4.78, 5) is 18.9. The molecule has 1 aliphatic heterocycles. The van der Waals surface area contributed by atoms with Crippen LogP contribution in [0.2, 0.25) is 6.55 Å². The predicted molar refractivity (Wildman–Crippen MR) is 45.6 cm³/mol. The highest BCUT2D eigenvalue weighted by molar-refractivity contribution is 6.67. The highest BCUT2D eigenvalue weighted by Crippen LogP contribution is 2.42. The van der Waals surface area contributed by atoms with E-state index in [1.54, 1.807) is 6.92 Å². The molecule has 1 aliphatic rings. The van der Waals surface area contributed by atoms with Gasteiger partial charge < -0.3 is 19.1 Å². The van der Waals surface area contributed by atoms with Crippen molar-refractivity contribution in [2.24, 2.45) is 0 Å². The molecule has 0 aromatic carbocycles. The minimum atomic E-state index is -3.32. The molecule has 2 unspecified atom stereocenters. The topological polar surface area (TPSA) is 62.2 Å². The summed E-state index contributed by atoms with van der Waals surface area (Å²) in [7, 11) is -3.32. The lowest BCUT2D eigenvalue weighted by Gasteiger charge is -2.21. The molecule has 2 atom stereocenters. The summed E-state index contributed by atoms with van der Waals surface area (Å²) in [6, 6.07) is 0. The first-order valence-corrected chi connectivity index (χ1v) is 6.60. The van der Waals surface area contributed by atoms with Crippen LogP contribution in [0.25, 0.3) is 0 Å². The van der Waals surface area contributed by atoms with Gasteiger partial charge in [-0.15, -0.1) is 0 Å². The summed E-state index contributed by atoms with van der Waals surface area (Å²) in [5.74, 6) is 0. The Morgan fingerprint density at radius 3 is 2.33 bits per heavy atom. The smallest absolute Gasteiger partial charge is 0.394 e. The molecule has 1 heterocycles. The summed E-state index contributed by atoms with van der Waals surface area (Å²) in [6.07, 6.45) is 0.665. The van der Waals surface area contributed by atoms with Gasteiger partial charge in [-0.05, 0) is 19.9 Å². The molecule has 1 fully saturated rings. The fraction of sp³-hybridized carbons (Fsp3) is 1.00. The summed E-state index contributed by atoms with van der Waals surface area (Å²) in [5.41, 5.74) is -1.05. The third-order valence-electron chi connectivity index (χ3n) is 2.01. The quantitative estimate of drug-likeness (QED) is 0.491. The van der Waals surface area contributed by atoms with Gasteiger partial charge in [0, 0.05) is 6.61 Å². The van der Waals surface area contributed by atoms with Gasteiger partial charge in [0.05, 0.1) is 0 Å². The Morgan fingerprint density at radius 1 is 1.58 bits per heavy atom. The van der Waals surface area contributed by atoms with Crippen molar-refractivity contribution < 1.29 is 19.1 Å². The molecule has 0 spiro atoms. The minimum Gasteiger partial charge on any atom is -0.408 e. The Balaban J connectivity index is 2.54. The van der Waals surface area contributed by atoms with E-state index in [4.69, 9.17) is 9.47 Å². The summed E-state index contributed by atoms with van der Waals surface area (Å²) < 4.78 is 10.4. The average Bonchev–Trinajstić information content (AvgIpc) is 2.57. The van der Waals surface area contributed by atoms with E-state index in [1.165, 1.54) is 6.55 Å². The Hall–Kier alpha value is 0.0569. The third-order valence-corrected chi connectivity index (χ3v) is 4.00. The second kappa shape index (κ2) is 3.08. The van der Waals surface area contributed by atoms with Crippen molar-refractivity contribution in [3.8, 4) is 0 Å². The molecule has 1 rings (SSSR count). The van der Waals surface area contributed by atoms with Gasteiger partial charge in [0.25, 0.3) is 0 Å². The van der Waals surface area contributed by atoms with Crippen LogP contribution in [0.15, 0.2) is 0 Å². The van der Waals surface area contributed by atoms with Crippen LogP contribution in [0.3, 0.4) is 0 Å². The Morgan fingerprint density at radius 2 is 2.08 bits per heavy atom. The Kier molecular flexibility index (Phi) is 2.60. The molecule has 2 N–H and O–H groups in total. The van der Waals surface area contributed by atoms with Crippen molar-refractivity contribution in [3.63, 3.8) is 0 Å². The Labute approximate surface area is 73.4 Å². The van der Waals surface area contributed by atoms with E-state index in [-0.39, 0.29) is 6.10 Å². The van der Waals surface area contributed by atoms with E-state index in [0.29, 0.717) is 6.61 Å². The van der Waals surface area contributed by atoms with Crippen molar-refractivity contribution >= 4 is 8.56 Å². The van der Waals surface area contributed by atoms with Gasteiger partial charge in [-0.2, -0.15) is 0 Å². The van der Waals surface area contributed by atoms with Crippen molar-refractivity contribution in [1.82, 2.24) is 0 Å². The van der Waals surface area contributed by atoms with Crippen molar-refractivity contribution in [1.29, 1.82) is 0 Å². The van der Waals surface area contributed by atoms with Gasteiger partial charge in [-0.25, -0.2) is 0 Å². The highest BCUT2D eigenvalue weighted by Gasteiger charge is 2.69. The zero-order chi connectivity index (χ0) is 9.41. The summed E-state index contributed by atoms with van der Waals surface area (Å²) in [5, 5.41) is 0. The molecule has 0 aromatic heterocycles. The first kappa shape index (κ1) is 10.1. The van der Waals surface area contributed by atoms with Crippen LogP contribution in [0, 0.1) is 0 Å². The molecule has 0 bridgehead atoms. The second-order valence-corrected chi connectivity index (χ2v) is 6.04. The van der Waals surface area contributed by atoms with Crippen LogP contribution < -0.4 is 0 Å². The lowest BCUT2D eigenvalue weighted by atomic mass is 10.5. The van der Waals surface area contributed by atoms with Crippen LogP contribution in [0.4, 0.5) is 0 Å². The minimum absolute atomic E-state index is 0.185.